The van der Waals surface area contributed by atoms with E-state index in [0.29, 0.717) is 0 Å². The summed E-state index contributed by atoms with van der Waals surface area (Å²) in [6, 6.07) is 1.97. The number of nitrogens with zero attached hydrogens (tertiary/aromatic N) is 4. The van der Waals surface area contributed by atoms with Crippen LogP contribution in [-0.2, 0) is 4.79 Å². The second-order valence-corrected chi connectivity index (χ2v) is 6.45. The van der Waals surface area contributed by atoms with Crippen molar-refractivity contribution in [2.24, 2.45) is 0 Å². The van der Waals surface area contributed by atoms with Crippen molar-refractivity contribution >= 4 is 28.2 Å². The fourth-order valence-corrected chi connectivity index (χ4v) is 3.37. The topological polar surface area (TPSA) is 71.0 Å². The Balaban J connectivity index is 1.79. The van der Waals surface area contributed by atoms with Gasteiger partial charge in [-0.1, -0.05) is 0 Å². The molecular weight excluding hydrogens is 298 g/mol. The van der Waals surface area contributed by atoms with Crippen molar-refractivity contribution in [2.45, 2.75) is 33.1 Å². The van der Waals surface area contributed by atoms with Crippen LogP contribution in [0.3, 0.4) is 0 Å². The molecule has 0 saturated carbocycles. The van der Waals surface area contributed by atoms with Crippen molar-refractivity contribution in [1.29, 1.82) is 0 Å². The SMILES string of the molecule is CC(=O)N1CC[C@@H](c2cc(Nc3nc(C)cs3)nc(C)n2)C1. The zero-order valence-electron chi connectivity index (χ0n) is 13.0. The summed E-state index contributed by atoms with van der Waals surface area (Å²) in [7, 11) is 0. The Morgan fingerprint density at radius 1 is 1.36 bits per heavy atom. The molecule has 1 atom stereocenters. The van der Waals surface area contributed by atoms with E-state index in [1.54, 1.807) is 18.3 Å². The Morgan fingerprint density at radius 2 is 2.18 bits per heavy atom. The maximum absolute atomic E-state index is 11.5. The van der Waals surface area contributed by atoms with Crippen molar-refractivity contribution in [1.82, 2.24) is 19.9 Å². The third-order valence-corrected chi connectivity index (χ3v) is 4.64. The van der Waals surface area contributed by atoms with Crippen molar-refractivity contribution in [3.8, 4) is 0 Å². The third-order valence-electron chi connectivity index (χ3n) is 3.76. The number of likely N-dealkylation sites (tertiary alicyclic amines) is 1. The van der Waals surface area contributed by atoms with Crippen molar-refractivity contribution in [3.05, 3.63) is 28.7 Å². The molecular formula is C15H19N5OS. The molecule has 0 unspecified atom stereocenters. The molecule has 116 valence electrons. The molecule has 7 heteroatoms. The van der Waals surface area contributed by atoms with Gasteiger partial charge in [0.2, 0.25) is 5.91 Å². The van der Waals surface area contributed by atoms with E-state index in [1.165, 1.54) is 0 Å². The third kappa shape index (κ3) is 3.24. The monoisotopic (exact) mass is 317 g/mol. The average molecular weight is 317 g/mol. The Kier molecular flexibility index (Phi) is 4.06. The maximum Gasteiger partial charge on any atom is 0.219 e. The smallest absolute Gasteiger partial charge is 0.219 e. The molecule has 1 aliphatic heterocycles. The Morgan fingerprint density at radius 3 is 2.82 bits per heavy atom. The van der Waals surface area contributed by atoms with Crippen LogP contribution in [-0.4, -0.2) is 38.8 Å². The molecule has 2 aromatic heterocycles. The second kappa shape index (κ2) is 6.00. The lowest BCUT2D eigenvalue weighted by Gasteiger charge is -2.14. The van der Waals surface area contributed by atoms with Crippen LogP contribution in [0.2, 0.25) is 0 Å². The summed E-state index contributed by atoms with van der Waals surface area (Å²) in [6.07, 6.45) is 0.950. The van der Waals surface area contributed by atoms with Gasteiger partial charge < -0.3 is 10.2 Å². The zero-order chi connectivity index (χ0) is 15.7. The van der Waals surface area contributed by atoms with E-state index >= 15 is 0 Å². The first-order chi connectivity index (χ1) is 10.5. The van der Waals surface area contributed by atoms with Crippen molar-refractivity contribution < 1.29 is 4.79 Å². The first-order valence-electron chi connectivity index (χ1n) is 7.31. The number of carbonyl (C=O) groups excluding carboxylic acids is 1. The van der Waals surface area contributed by atoms with E-state index in [0.717, 1.165) is 47.7 Å². The number of carbonyl (C=O) groups is 1. The van der Waals surface area contributed by atoms with Crippen molar-refractivity contribution in [3.63, 3.8) is 0 Å². The number of thiazole rings is 1. The summed E-state index contributed by atoms with van der Waals surface area (Å²) in [5.74, 6) is 1.90. The van der Waals surface area contributed by atoms with Gasteiger partial charge in [-0.2, -0.15) is 0 Å². The highest BCUT2D eigenvalue weighted by atomic mass is 32.1. The van der Waals surface area contributed by atoms with Gasteiger partial charge in [0.15, 0.2) is 5.13 Å². The van der Waals surface area contributed by atoms with E-state index in [9.17, 15) is 4.79 Å². The summed E-state index contributed by atoms with van der Waals surface area (Å²) in [6.45, 7) is 7.01. The number of nitrogens with one attached hydrogen (secondary N) is 1. The first-order valence-corrected chi connectivity index (χ1v) is 8.19. The highest BCUT2D eigenvalue weighted by Crippen LogP contribution is 2.28. The standard InChI is InChI=1S/C15H19N5OS/c1-9-8-22-15(16-9)19-14-6-13(17-10(2)18-14)12-4-5-20(7-12)11(3)21/h6,8,12H,4-5,7H2,1-3H3,(H,16,17,18,19)/t12-/m1/s1. The molecule has 1 saturated heterocycles. The fourth-order valence-electron chi connectivity index (χ4n) is 2.67. The van der Waals surface area contributed by atoms with E-state index < -0.39 is 0 Å². The Labute approximate surface area is 133 Å². The van der Waals surface area contributed by atoms with E-state index in [4.69, 9.17) is 0 Å². The number of hydrogen-bond donors (Lipinski definition) is 1. The summed E-state index contributed by atoms with van der Waals surface area (Å²) < 4.78 is 0. The molecule has 0 bridgehead atoms. The molecule has 3 heterocycles. The molecule has 2 aromatic rings. The summed E-state index contributed by atoms with van der Waals surface area (Å²) in [5, 5.41) is 6.07. The van der Waals surface area contributed by atoms with Crippen LogP contribution in [0.4, 0.5) is 10.9 Å². The van der Waals surface area contributed by atoms with Gasteiger partial charge in [-0.25, -0.2) is 15.0 Å². The van der Waals surface area contributed by atoms with E-state index in [-0.39, 0.29) is 11.8 Å². The molecule has 1 fully saturated rings. The molecule has 3 rings (SSSR count). The summed E-state index contributed by atoms with van der Waals surface area (Å²) >= 11 is 1.56. The van der Waals surface area contributed by atoms with Gasteiger partial charge in [-0.15, -0.1) is 11.3 Å². The van der Waals surface area contributed by atoms with E-state index in [2.05, 4.69) is 20.3 Å². The van der Waals surface area contributed by atoms with Crippen LogP contribution in [0.15, 0.2) is 11.4 Å². The van der Waals surface area contributed by atoms with Gasteiger partial charge in [0, 0.05) is 37.4 Å². The predicted octanol–water partition coefficient (Wildman–Crippen LogP) is 2.63. The van der Waals surface area contributed by atoms with Gasteiger partial charge in [-0.3, -0.25) is 4.79 Å². The maximum atomic E-state index is 11.5. The predicted molar refractivity (Wildman–Crippen MR) is 86.5 cm³/mol. The minimum absolute atomic E-state index is 0.130. The molecule has 0 aliphatic carbocycles. The average Bonchev–Trinajstić information content (AvgIpc) is 3.07. The molecule has 1 aliphatic rings. The van der Waals surface area contributed by atoms with Crippen LogP contribution >= 0.6 is 11.3 Å². The number of aryl methyl sites for hydroxylation is 2. The van der Waals surface area contributed by atoms with Gasteiger partial charge in [0.05, 0.1) is 11.4 Å². The number of rotatable bonds is 3. The van der Waals surface area contributed by atoms with Crippen LogP contribution < -0.4 is 5.32 Å². The lowest BCUT2D eigenvalue weighted by Crippen LogP contribution is -2.25. The van der Waals surface area contributed by atoms with Crippen LogP contribution in [0.5, 0.6) is 0 Å². The first kappa shape index (κ1) is 14.9. The van der Waals surface area contributed by atoms with Crippen LogP contribution in [0.25, 0.3) is 0 Å². The van der Waals surface area contributed by atoms with Gasteiger partial charge in [-0.05, 0) is 20.3 Å². The minimum atomic E-state index is 0.130. The molecule has 1 amide bonds. The zero-order valence-corrected chi connectivity index (χ0v) is 13.8. The molecule has 0 spiro atoms. The van der Waals surface area contributed by atoms with Crippen molar-refractivity contribution in [2.75, 3.05) is 18.4 Å². The molecule has 1 N–H and O–H groups in total. The highest BCUT2D eigenvalue weighted by Gasteiger charge is 2.27. The molecule has 6 nitrogen and oxygen atoms in total. The summed E-state index contributed by atoms with van der Waals surface area (Å²) in [4.78, 5) is 26.7. The lowest BCUT2D eigenvalue weighted by atomic mass is 10.0. The quantitative estimate of drug-likeness (QED) is 0.942. The normalized spacial score (nSPS) is 17.8. The number of amides is 1. The van der Waals surface area contributed by atoms with Crippen LogP contribution in [0.1, 0.15) is 36.5 Å². The molecule has 22 heavy (non-hydrogen) atoms. The second-order valence-electron chi connectivity index (χ2n) is 5.59. The van der Waals surface area contributed by atoms with E-state index in [1.807, 2.05) is 30.2 Å². The summed E-state index contributed by atoms with van der Waals surface area (Å²) in [5.41, 5.74) is 1.98. The van der Waals surface area contributed by atoms with Crippen LogP contribution in [0, 0.1) is 13.8 Å². The van der Waals surface area contributed by atoms with Gasteiger partial charge in [0.1, 0.15) is 11.6 Å². The Bertz CT molecular complexity index is 699. The number of hydrogen-bond acceptors (Lipinski definition) is 6. The van der Waals surface area contributed by atoms with Gasteiger partial charge in [0.25, 0.3) is 0 Å². The lowest BCUT2D eigenvalue weighted by molar-refractivity contribution is -0.127. The largest absolute Gasteiger partial charge is 0.342 e. The minimum Gasteiger partial charge on any atom is -0.342 e. The molecule has 0 radical (unpaired) electrons. The number of aromatic nitrogens is 3. The fraction of sp³-hybridized carbons (Fsp3) is 0.467. The Hall–Kier alpha value is -2.02. The van der Waals surface area contributed by atoms with Gasteiger partial charge >= 0.3 is 0 Å². The molecule has 0 aromatic carbocycles. The highest BCUT2D eigenvalue weighted by molar-refractivity contribution is 7.13. The number of anilines is 2.